The quantitative estimate of drug-likeness (QED) is 0.452. The van der Waals surface area contributed by atoms with Gasteiger partial charge in [0.25, 0.3) is 0 Å². The molecule has 0 saturated heterocycles. The summed E-state index contributed by atoms with van der Waals surface area (Å²) in [4.78, 5) is 11.2. The standard InChI is InChI=1S/C16H21NO2/c1-6-8-11(3)15(10-18)12(4)14(7-2)9-16(17)13(5)19/h1,7-9,18H,10,17H2,2-5H3/b11-8-,14-7?,15-12+,16-9+. The second-order valence-electron chi connectivity index (χ2n) is 4.16. The van der Waals surface area contributed by atoms with Crippen molar-refractivity contribution in [1.82, 2.24) is 0 Å². The lowest BCUT2D eigenvalue weighted by Gasteiger charge is -2.12. The van der Waals surface area contributed by atoms with Crippen molar-refractivity contribution in [3.8, 4) is 12.3 Å². The van der Waals surface area contributed by atoms with Crippen molar-refractivity contribution >= 4 is 5.78 Å². The number of carbonyl (C=O) groups excluding carboxylic acids is 1. The van der Waals surface area contributed by atoms with E-state index in [1.165, 1.54) is 6.92 Å². The molecule has 0 aliphatic carbocycles. The Kier molecular flexibility index (Phi) is 7.25. The number of Topliss-reactive ketones (excluding diaryl/α,β-unsaturated/α-hetero) is 1. The fraction of sp³-hybridized carbons (Fsp3) is 0.312. The number of aliphatic hydroxyl groups is 1. The Bertz CT molecular complexity index is 511. The van der Waals surface area contributed by atoms with Crippen LogP contribution in [0.3, 0.4) is 0 Å². The fourth-order valence-electron chi connectivity index (χ4n) is 1.60. The summed E-state index contributed by atoms with van der Waals surface area (Å²) >= 11 is 0. The lowest BCUT2D eigenvalue weighted by Crippen LogP contribution is -2.08. The van der Waals surface area contributed by atoms with E-state index in [0.29, 0.717) is 0 Å². The molecule has 0 saturated carbocycles. The lowest BCUT2D eigenvalue weighted by molar-refractivity contribution is -0.113. The Morgan fingerprint density at radius 1 is 1.37 bits per heavy atom. The van der Waals surface area contributed by atoms with Crippen LogP contribution in [0.1, 0.15) is 27.7 Å². The highest BCUT2D eigenvalue weighted by molar-refractivity contribution is 5.92. The lowest BCUT2D eigenvalue weighted by atomic mass is 9.95. The van der Waals surface area contributed by atoms with Gasteiger partial charge in [-0.3, -0.25) is 4.79 Å². The molecule has 0 fully saturated rings. The molecule has 0 spiro atoms. The van der Waals surface area contributed by atoms with E-state index >= 15 is 0 Å². The van der Waals surface area contributed by atoms with Crippen LogP contribution in [0.5, 0.6) is 0 Å². The van der Waals surface area contributed by atoms with E-state index in [-0.39, 0.29) is 18.1 Å². The second kappa shape index (κ2) is 8.12. The number of rotatable bonds is 5. The zero-order valence-corrected chi connectivity index (χ0v) is 11.9. The molecule has 0 aliphatic rings. The van der Waals surface area contributed by atoms with Gasteiger partial charge in [-0.05, 0) is 55.2 Å². The summed E-state index contributed by atoms with van der Waals surface area (Å²) in [6.07, 6.45) is 10.3. The van der Waals surface area contributed by atoms with Gasteiger partial charge in [0.15, 0.2) is 5.78 Å². The number of hydrogen-bond acceptors (Lipinski definition) is 3. The summed E-state index contributed by atoms with van der Waals surface area (Å²) < 4.78 is 0. The van der Waals surface area contributed by atoms with E-state index in [0.717, 1.165) is 22.3 Å². The van der Waals surface area contributed by atoms with E-state index in [9.17, 15) is 9.90 Å². The number of nitrogens with two attached hydrogens (primary N) is 1. The number of hydrogen-bond donors (Lipinski definition) is 2. The summed E-state index contributed by atoms with van der Waals surface area (Å²) in [6, 6.07) is 0. The van der Waals surface area contributed by atoms with Gasteiger partial charge in [0.05, 0.1) is 12.3 Å². The minimum absolute atomic E-state index is 0.124. The molecule has 0 aliphatic heterocycles. The van der Waals surface area contributed by atoms with E-state index in [1.54, 1.807) is 12.2 Å². The topological polar surface area (TPSA) is 63.3 Å². The van der Waals surface area contributed by atoms with Crippen LogP contribution in [0, 0.1) is 12.3 Å². The van der Waals surface area contributed by atoms with Crippen molar-refractivity contribution in [1.29, 1.82) is 0 Å². The summed E-state index contributed by atoms with van der Waals surface area (Å²) in [7, 11) is 0. The van der Waals surface area contributed by atoms with Crippen LogP contribution in [-0.4, -0.2) is 17.5 Å². The number of carbonyl (C=O) groups is 1. The first-order valence-corrected chi connectivity index (χ1v) is 5.97. The van der Waals surface area contributed by atoms with Gasteiger partial charge in [-0.2, -0.15) is 0 Å². The van der Waals surface area contributed by atoms with E-state index in [2.05, 4.69) is 5.92 Å². The Morgan fingerprint density at radius 3 is 2.32 bits per heavy atom. The molecule has 0 amide bonds. The molecule has 0 bridgehead atoms. The average molecular weight is 259 g/mol. The molecule has 3 heteroatoms. The maximum absolute atomic E-state index is 11.2. The number of aliphatic hydroxyl groups excluding tert-OH is 1. The molecule has 0 radical (unpaired) electrons. The Balaban J connectivity index is 5.75. The highest BCUT2D eigenvalue weighted by atomic mass is 16.3. The van der Waals surface area contributed by atoms with Crippen LogP contribution >= 0.6 is 0 Å². The molecule has 0 atom stereocenters. The van der Waals surface area contributed by atoms with Gasteiger partial charge in [0.1, 0.15) is 0 Å². The SMILES string of the molecule is C#C/C=C(C)\C(CO)=C(/C)C(=CC)/C=C(/N)C(C)=O. The average Bonchev–Trinajstić information content (AvgIpc) is 2.36. The highest BCUT2D eigenvalue weighted by Gasteiger charge is 2.08. The first kappa shape index (κ1) is 16.9. The van der Waals surface area contributed by atoms with Crippen molar-refractivity contribution in [3.63, 3.8) is 0 Å². The third-order valence-corrected chi connectivity index (χ3v) is 2.85. The normalized spacial score (nSPS) is 14.8. The van der Waals surface area contributed by atoms with Crippen molar-refractivity contribution in [2.45, 2.75) is 27.7 Å². The predicted octanol–water partition coefficient (Wildman–Crippen LogP) is 2.25. The molecule has 0 aromatic heterocycles. The van der Waals surface area contributed by atoms with Gasteiger partial charge >= 0.3 is 0 Å². The summed E-state index contributed by atoms with van der Waals surface area (Å²) in [5, 5.41) is 9.47. The number of allylic oxidation sites excluding steroid dienone is 6. The van der Waals surface area contributed by atoms with E-state index in [4.69, 9.17) is 12.2 Å². The van der Waals surface area contributed by atoms with Crippen LogP contribution in [0.2, 0.25) is 0 Å². The Labute approximate surface area is 115 Å². The minimum atomic E-state index is -0.186. The zero-order chi connectivity index (χ0) is 15.0. The number of ketones is 1. The monoisotopic (exact) mass is 259 g/mol. The first-order chi connectivity index (χ1) is 8.88. The van der Waals surface area contributed by atoms with Crippen molar-refractivity contribution in [3.05, 3.63) is 46.2 Å². The van der Waals surface area contributed by atoms with Crippen LogP contribution in [0.15, 0.2) is 46.2 Å². The van der Waals surface area contributed by atoms with Gasteiger partial charge in [0, 0.05) is 6.92 Å². The summed E-state index contributed by atoms with van der Waals surface area (Å²) in [5.74, 6) is 2.25. The molecule has 0 aromatic carbocycles. The van der Waals surface area contributed by atoms with Crippen LogP contribution < -0.4 is 5.73 Å². The first-order valence-electron chi connectivity index (χ1n) is 5.97. The maximum Gasteiger partial charge on any atom is 0.175 e. The molecule has 3 N–H and O–H groups in total. The minimum Gasteiger partial charge on any atom is -0.396 e. The van der Waals surface area contributed by atoms with Gasteiger partial charge in [0.2, 0.25) is 0 Å². The number of terminal acetylenes is 1. The molecule has 102 valence electrons. The molecule has 19 heavy (non-hydrogen) atoms. The van der Waals surface area contributed by atoms with E-state index in [1.807, 2.05) is 26.8 Å². The molecule has 3 nitrogen and oxygen atoms in total. The van der Waals surface area contributed by atoms with Gasteiger partial charge in [-0.25, -0.2) is 0 Å². The molecule has 0 unspecified atom stereocenters. The van der Waals surface area contributed by atoms with Gasteiger partial charge in [-0.15, -0.1) is 6.42 Å². The Hall–Kier alpha value is -2.05. The zero-order valence-electron chi connectivity index (χ0n) is 11.9. The summed E-state index contributed by atoms with van der Waals surface area (Å²) in [6.45, 7) is 6.83. The summed E-state index contributed by atoms with van der Waals surface area (Å²) in [5.41, 5.74) is 9.02. The van der Waals surface area contributed by atoms with Crippen LogP contribution in [-0.2, 0) is 4.79 Å². The van der Waals surface area contributed by atoms with Crippen LogP contribution in [0.25, 0.3) is 0 Å². The van der Waals surface area contributed by atoms with Gasteiger partial charge < -0.3 is 10.8 Å². The molecular formula is C16H21NO2. The smallest absolute Gasteiger partial charge is 0.175 e. The fourth-order valence-corrected chi connectivity index (χ4v) is 1.60. The maximum atomic E-state index is 11.2. The third kappa shape index (κ3) is 4.99. The van der Waals surface area contributed by atoms with Crippen LogP contribution in [0.4, 0.5) is 0 Å². The second-order valence-corrected chi connectivity index (χ2v) is 4.16. The molecular weight excluding hydrogens is 238 g/mol. The molecule has 0 heterocycles. The Morgan fingerprint density at radius 2 is 1.95 bits per heavy atom. The van der Waals surface area contributed by atoms with Crippen molar-refractivity contribution in [2.75, 3.05) is 6.61 Å². The van der Waals surface area contributed by atoms with Crippen molar-refractivity contribution < 1.29 is 9.90 Å². The predicted molar refractivity (Wildman–Crippen MR) is 79.1 cm³/mol. The molecule has 0 rings (SSSR count). The van der Waals surface area contributed by atoms with Gasteiger partial charge in [-0.1, -0.05) is 12.0 Å². The van der Waals surface area contributed by atoms with E-state index < -0.39 is 0 Å². The highest BCUT2D eigenvalue weighted by Crippen LogP contribution is 2.21. The van der Waals surface area contributed by atoms with Crippen molar-refractivity contribution in [2.24, 2.45) is 5.73 Å². The molecule has 0 aromatic rings. The third-order valence-electron chi connectivity index (χ3n) is 2.85. The largest absolute Gasteiger partial charge is 0.396 e.